The predicted molar refractivity (Wildman–Crippen MR) is 97.7 cm³/mol. The zero-order valence-electron chi connectivity index (χ0n) is 14.4. The van der Waals surface area contributed by atoms with E-state index < -0.39 is 18.3 Å². The second-order valence-corrected chi connectivity index (χ2v) is 6.05. The number of nitrogens with zero attached hydrogens (tertiary/aromatic N) is 4. The van der Waals surface area contributed by atoms with Crippen LogP contribution in [0.25, 0.3) is 5.70 Å². The van der Waals surface area contributed by atoms with E-state index in [0.29, 0.717) is 10.5 Å². The second kappa shape index (κ2) is 6.95. The summed E-state index contributed by atoms with van der Waals surface area (Å²) >= 11 is 0. The number of pyridine rings is 2. The Morgan fingerprint density at radius 2 is 1.46 bits per heavy atom. The van der Waals surface area contributed by atoms with Crippen LogP contribution in [0.15, 0.2) is 85.2 Å². The van der Waals surface area contributed by atoms with Gasteiger partial charge in [-0.2, -0.15) is 17.6 Å². The van der Waals surface area contributed by atoms with Crippen LogP contribution in [-0.4, -0.2) is 22.3 Å². The first-order valence-corrected chi connectivity index (χ1v) is 8.40. The van der Waals surface area contributed by atoms with E-state index in [1.807, 2.05) is 0 Å². The van der Waals surface area contributed by atoms with Crippen molar-refractivity contribution >= 4 is 17.2 Å². The summed E-state index contributed by atoms with van der Waals surface area (Å²) in [5, 5.41) is 0. The summed E-state index contributed by atoms with van der Waals surface area (Å²) < 4.78 is 58.1. The highest BCUT2D eigenvalue weighted by atomic mass is 19.4. The van der Waals surface area contributed by atoms with Crippen molar-refractivity contribution in [2.24, 2.45) is 0 Å². The van der Waals surface area contributed by atoms with Crippen LogP contribution in [0.1, 0.15) is 5.56 Å². The molecule has 0 N–H and O–H groups in total. The molecule has 0 fully saturated rings. The SMILES string of the molecule is FC1=C(c2ccccc2)N(c2ccncc2)C(C(F)(F)F)N1c1ccccn1. The number of benzene rings is 1. The van der Waals surface area contributed by atoms with Gasteiger partial charge in [0.25, 0.3) is 0 Å². The Morgan fingerprint density at radius 3 is 2.07 bits per heavy atom. The maximum absolute atomic E-state index is 15.5. The number of hydrogen-bond acceptors (Lipinski definition) is 4. The van der Waals surface area contributed by atoms with Gasteiger partial charge < -0.3 is 4.90 Å². The van der Waals surface area contributed by atoms with Gasteiger partial charge in [-0.3, -0.25) is 9.88 Å². The highest BCUT2D eigenvalue weighted by Gasteiger charge is 2.56. The molecule has 0 spiro atoms. The van der Waals surface area contributed by atoms with Crippen molar-refractivity contribution in [1.29, 1.82) is 0 Å². The van der Waals surface area contributed by atoms with Gasteiger partial charge in [0.15, 0.2) is 0 Å². The van der Waals surface area contributed by atoms with E-state index in [-0.39, 0.29) is 17.2 Å². The number of aromatic nitrogens is 2. The third-order valence-electron chi connectivity index (χ3n) is 4.31. The number of hydrogen-bond donors (Lipinski definition) is 0. The van der Waals surface area contributed by atoms with Crippen LogP contribution in [0, 0.1) is 0 Å². The summed E-state index contributed by atoms with van der Waals surface area (Å²) in [6.07, 6.45) is -3.00. The van der Waals surface area contributed by atoms with Gasteiger partial charge in [0.05, 0.1) is 0 Å². The average molecular weight is 386 g/mol. The summed E-state index contributed by atoms with van der Waals surface area (Å²) in [5.74, 6) is -1.16. The van der Waals surface area contributed by atoms with E-state index in [9.17, 15) is 13.2 Å². The van der Waals surface area contributed by atoms with Crippen LogP contribution in [-0.2, 0) is 0 Å². The molecule has 4 rings (SSSR count). The third-order valence-corrected chi connectivity index (χ3v) is 4.31. The van der Waals surface area contributed by atoms with E-state index >= 15 is 4.39 Å². The fourth-order valence-corrected chi connectivity index (χ4v) is 3.20. The molecule has 0 radical (unpaired) electrons. The molecule has 1 aliphatic rings. The molecule has 1 aromatic carbocycles. The van der Waals surface area contributed by atoms with E-state index in [1.54, 1.807) is 36.4 Å². The van der Waals surface area contributed by atoms with Crippen molar-refractivity contribution in [2.45, 2.75) is 12.3 Å². The van der Waals surface area contributed by atoms with Crippen molar-refractivity contribution in [3.63, 3.8) is 0 Å². The summed E-state index contributed by atoms with van der Waals surface area (Å²) in [6, 6.07) is 15.4. The minimum Gasteiger partial charge on any atom is -0.308 e. The van der Waals surface area contributed by atoms with Crippen molar-refractivity contribution < 1.29 is 17.6 Å². The lowest BCUT2D eigenvalue weighted by atomic mass is 10.1. The largest absolute Gasteiger partial charge is 0.428 e. The van der Waals surface area contributed by atoms with Gasteiger partial charge in [-0.15, -0.1) is 0 Å². The minimum atomic E-state index is -4.77. The highest BCUT2D eigenvalue weighted by Crippen LogP contribution is 2.46. The van der Waals surface area contributed by atoms with Gasteiger partial charge in [-0.05, 0) is 24.3 Å². The molecule has 0 bridgehead atoms. The predicted octanol–water partition coefficient (Wildman–Crippen LogP) is 4.99. The molecular formula is C20H14F4N4. The van der Waals surface area contributed by atoms with Crippen molar-refractivity contribution in [1.82, 2.24) is 9.97 Å². The molecule has 0 saturated carbocycles. The molecule has 1 aliphatic heterocycles. The maximum atomic E-state index is 15.5. The van der Waals surface area contributed by atoms with E-state index in [2.05, 4.69) is 9.97 Å². The third kappa shape index (κ3) is 3.06. The molecular weight excluding hydrogens is 372 g/mol. The number of alkyl halides is 3. The zero-order valence-corrected chi connectivity index (χ0v) is 14.4. The van der Waals surface area contributed by atoms with Crippen LogP contribution >= 0.6 is 0 Å². The van der Waals surface area contributed by atoms with Crippen LogP contribution in [0.4, 0.5) is 29.1 Å². The van der Waals surface area contributed by atoms with E-state index in [1.165, 1.54) is 42.9 Å². The molecule has 4 nitrogen and oxygen atoms in total. The van der Waals surface area contributed by atoms with Crippen LogP contribution in [0.3, 0.4) is 0 Å². The molecule has 2 aromatic heterocycles. The van der Waals surface area contributed by atoms with Crippen LogP contribution < -0.4 is 9.80 Å². The van der Waals surface area contributed by atoms with Crippen LogP contribution in [0.2, 0.25) is 0 Å². The Hall–Kier alpha value is -3.42. The van der Waals surface area contributed by atoms with Gasteiger partial charge in [0, 0.05) is 29.8 Å². The highest BCUT2D eigenvalue weighted by molar-refractivity contribution is 5.87. The van der Waals surface area contributed by atoms with Gasteiger partial charge in [-0.1, -0.05) is 36.4 Å². The quantitative estimate of drug-likeness (QED) is 0.469. The molecule has 8 heteroatoms. The summed E-state index contributed by atoms with van der Waals surface area (Å²) in [7, 11) is 0. The fourth-order valence-electron chi connectivity index (χ4n) is 3.20. The maximum Gasteiger partial charge on any atom is 0.428 e. The smallest absolute Gasteiger partial charge is 0.308 e. The first-order chi connectivity index (χ1) is 13.5. The van der Waals surface area contributed by atoms with Crippen molar-refractivity contribution in [2.75, 3.05) is 9.80 Å². The molecule has 28 heavy (non-hydrogen) atoms. The first-order valence-electron chi connectivity index (χ1n) is 8.40. The lowest BCUT2D eigenvalue weighted by Crippen LogP contribution is -2.51. The minimum absolute atomic E-state index is 0.132. The Morgan fingerprint density at radius 1 is 0.786 bits per heavy atom. The monoisotopic (exact) mass is 386 g/mol. The standard InChI is InChI=1S/C20H14F4N4/c21-18-17(14-6-2-1-3-7-14)27(15-9-12-25-13-10-15)19(20(22,23)24)28(18)16-8-4-5-11-26-16/h1-13,19H. The Balaban J connectivity index is 1.97. The number of halogens is 4. The van der Waals surface area contributed by atoms with Gasteiger partial charge in [0.1, 0.15) is 11.5 Å². The molecule has 1 atom stereocenters. The number of rotatable bonds is 3. The normalized spacial score (nSPS) is 17.4. The second-order valence-electron chi connectivity index (χ2n) is 6.05. The lowest BCUT2D eigenvalue weighted by molar-refractivity contribution is -0.144. The molecule has 0 aliphatic carbocycles. The Labute approximate surface area is 158 Å². The Kier molecular flexibility index (Phi) is 4.46. The van der Waals surface area contributed by atoms with E-state index in [0.717, 1.165) is 4.90 Å². The summed E-state index contributed by atoms with van der Waals surface area (Å²) in [4.78, 5) is 9.30. The lowest BCUT2D eigenvalue weighted by Gasteiger charge is -2.34. The number of anilines is 2. The average Bonchev–Trinajstić information content (AvgIpc) is 3.03. The van der Waals surface area contributed by atoms with Crippen LogP contribution in [0.5, 0.6) is 0 Å². The van der Waals surface area contributed by atoms with Crippen molar-refractivity contribution in [3.05, 3.63) is 90.8 Å². The van der Waals surface area contributed by atoms with Gasteiger partial charge in [0.2, 0.25) is 12.1 Å². The summed E-state index contributed by atoms with van der Waals surface area (Å²) in [5.41, 5.74) is 0.314. The topological polar surface area (TPSA) is 32.3 Å². The Bertz CT molecular complexity index is 975. The summed E-state index contributed by atoms with van der Waals surface area (Å²) in [6.45, 7) is 0. The van der Waals surface area contributed by atoms with Gasteiger partial charge in [-0.25, -0.2) is 4.98 Å². The zero-order chi connectivity index (χ0) is 19.7. The molecule has 1 unspecified atom stereocenters. The van der Waals surface area contributed by atoms with E-state index in [4.69, 9.17) is 0 Å². The molecule has 3 aromatic rings. The first kappa shape index (κ1) is 18.0. The molecule has 0 amide bonds. The van der Waals surface area contributed by atoms with Crippen molar-refractivity contribution in [3.8, 4) is 0 Å². The van der Waals surface area contributed by atoms with Gasteiger partial charge >= 0.3 is 6.18 Å². The fraction of sp³-hybridized carbons (Fsp3) is 0.100. The molecule has 0 saturated heterocycles. The molecule has 3 heterocycles. The molecule has 142 valence electrons.